The summed E-state index contributed by atoms with van der Waals surface area (Å²) in [6, 6.07) is 7.47. The zero-order valence-electron chi connectivity index (χ0n) is 15.1. The summed E-state index contributed by atoms with van der Waals surface area (Å²) < 4.78 is 6.20. The molecule has 2 aromatic rings. The lowest BCUT2D eigenvalue weighted by Crippen LogP contribution is -2.40. The molecule has 0 aliphatic carbocycles. The molecule has 148 valence electrons. The maximum atomic E-state index is 12.9. The second kappa shape index (κ2) is 7.23. The number of fused-ring (bicyclic) bond motifs is 4. The standard InChI is InChI=1S/C18H20N4O6/c1-27-17(25)16-15-12(7-19-21(15)9-14(23)24)13-8-20(16)18(26)22(13)28-10-11-5-3-2-4-6-11/h2-7,13-14,16,23-24H,8-10H2,1H3/t13-,16-/m0/s1. The van der Waals surface area contributed by atoms with Crippen LogP contribution in [-0.4, -0.2) is 61.9 Å². The highest BCUT2D eigenvalue weighted by atomic mass is 16.7. The fourth-order valence-corrected chi connectivity index (χ4v) is 3.67. The van der Waals surface area contributed by atoms with Crippen molar-refractivity contribution in [2.75, 3.05) is 13.7 Å². The topological polar surface area (TPSA) is 117 Å². The van der Waals surface area contributed by atoms with Gasteiger partial charge in [-0.15, -0.1) is 0 Å². The predicted molar refractivity (Wildman–Crippen MR) is 93.1 cm³/mol. The third-order valence-corrected chi connectivity index (χ3v) is 4.90. The van der Waals surface area contributed by atoms with Crippen LogP contribution >= 0.6 is 0 Å². The summed E-state index contributed by atoms with van der Waals surface area (Å²) in [7, 11) is 1.24. The second-order valence-electron chi connectivity index (χ2n) is 6.61. The van der Waals surface area contributed by atoms with Crippen LogP contribution in [0.5, 0.6) is 0 Å². The van der Waals surface area contributed by atoms with Gasteiger partial charge in [-0.1, -0.05) is 30.3 Å². The van der Waals surface area contributed by atoms with Gasteiger partial charge in [0.2, 0.25) is 0 Å². The second-order valence-corrected chi connectivity index (χ2v) is 6.61. The van der Waals surface area contributed by atoms with Crippen molar-refractivity contribution in [1.82, 2.24) is 19.7 Å². The highest BCUT2D eigenvalue weighted by Crippen LogP contribution is 2.44. The normalized spacial score (nSPS) is 20.6. The molecule has 1 aromatic heterocycles. The summed E-state index contributed by atoms with van der Waals surface area (Å²) >= 11 is 0. The van der Waals surface area contributed by atoms with Gasteiger partial charge in [0.25, 0.3) is 0 Å². The molecule has 0 spiro atoms. The Morgan fingerprint density at radius 1 is 1.32 bits per heavy atom. The molecule has 0 saturated carbocycles. The van der Waals surface area contributed by atoms with Gasteiger partial charge in [0.1, 0.15) is 12.6 Å². The van der Waals surface area contributed by atoms with Gasteiger partial charge in [-0.2, -0.15) is 10.2 Å². The van der Waals surface area contributed by atoms with Crippen molar-refractivity contribution < 1.29 is 29.4 Å². The largest absolute Gasteiger partial charge is 0.467 e. The number of esters is 1. The Kier molecular flexibility index (Phi) is 4.75. The number of hydrogen-bond donors (Lipinski definition) is 2. The molecule has 2 aliphatic heterocycles. The fraction of sp³-hybridized carbons (Fsp3) is 0.389. The van der Waals surface area contributed by atoms with Gasteiger partial charge in [-0.3, -0.25) is 9.52 Å². The third kappa shape index (κ3) is 3.01. The van der Waals surface area contributed by atoms with E-state index in [1.807, 2.05) is 30.3 Å². The Morgan fingerprint density at radius 2 is 2.07 bits per heavy atom. The number of hydroxylamine groups is 2. The van der Waals surface area contributed by atoms with Crippen LogP contribution in [0.3, 0.4) is 0 Å². The molecule has 1 aromatic carbocycles. The van der Waals surface area contributed by atoms with Gasteiger partial charge >= 0.3 is 12.0 Å². The number of nitrogens with zero attached hydrogens (tertiary/aromatic N) is 4. The number of aromatic nitrogens is 2. The van der Waals surface area contributed by atoms with Gasteiger partial charge in [0.15, 0.2) is 12.3 Å². The summed E-state index contributed by atoms with van der Waals surface area (Å²) in [6.07, 6.45) is -0.134. The number of rotatable bonds is 6. The number of urea groups is 1. The molecular weight excluding hydrogens is 368 g/mol. The first-order valence-corrected chi connectivity index (χ1v) is 8.77. The zero-order valence-corrected chi connectivity index (χ0v) is 15.1. The SMILES string of the molecule is COC(=O)[C@@H]1c2c(cnn2CC(O)O)[C@@H]2CN1C(=O)N2OCc1ccccc1. The molecule has 28 heavy (non-hydrogen) atoms. The lowest BCUT2D eigenvalue weighted by molar-refractivity contribution is -0.146. The fourth-order valence-electron chi connectivity index (χ4n) is 3.67. The van der Waals surface area contributed by atoms with Crippen LogP contribution in [0.4, 0.5) is 4.79 Å². The van der Waals surface area contributed by atoms with Crippen LogP contribution in [0.1, 0.15) is 28.9 Å². The molecule has 1 saturated heterocycles. The van der Waals surface area contributed by atoms with Crippen molar-refractivity contribution in [3.63, 3.8) is 0 Å². The maximum absolute atomic E-state index is 12.9. The number of hydrogen-bond acceptors (Lipinski definition) is 7. The van der Waals surface area contributed by atoms with E-state index in [9.17, 15) is 19.8 Å². The number of carbonyl (C=O) groups excluding carboxylic acids is 2. The molecule has 2 aliphatic rings. The molecular formula is C18H20N4O6. The van der Waals surface area contributed by atoms with Crippen LogP contribution in [0.25, 0.3) is 0 Å². The quantitative estimate of drug-likeness (QED) is 0.541. The van der Waals surface area contributed by atoms with Crippen LogP contribution < -0.4 is 0 Å². The van der Waals surface area contributed by atoms with E-state index in [0.717, 1.165) is 5.56 Å². The maximum Gasteiger partial charge on any atom is 0.345 e. The molecule has 2 atom stereocenters. The molecule has 2 N–H and O–H groups in total. The van der Waals surface area contributed by atoms with E-state index in [-0.39, 0.29) is 19.7 Å². The smallest absolute Gasteiger partial charge is 0.345 e. The van der Waals surface area contributed by atoms with E-state index < -0.39 is 30.4 Å². The van der Waals surface area contributed by atoms with E-state index in [4.69, 9.17) is 9.57 Å². The highest BCUT2D eigenvalue weighted by Gasteiger charge is 2.53. The number of ether oxygens (including phenoxy) is 1. The summed E-state index contributed by atoms with van der Waals surface area (Å²) in [6.45, 7) is 0.203. The van der Waals surface area contributed by atoms with Crippen molar-refractivity contribution in [3.05, 3.63) is 53.3 Å². The molecule has 0 unspecified atom stereocenters. The Hall–Kier alpha value is -2.95. The Morgan fingerprint density at radius 3 is 2.75 bits per heavy atom. The predicted octanol–water partition coefficient (Wildman–Crippen LogP) is 0.332. The van der Waals surface area contributed by atoms with E-state index in [1.165, 1.54) is 28.0 Å². The summed E-state index contributed by atoms with van der Waals surface area (Å²) in [5.74, 6) is -0.632. The number of amides is 2. The van der Waals surface area contributed by atoms with Crippen LogP contribution in [0.15, 0.2) is 36.5 Å². The number of methoxy groups -OCH3 is 1. The van der Waals surface area contributed by atoms with Crippen molar-refractivity contribution in [1.29, 1.82) is 0 Å². The van der Waals surface area contributed by atoms with E-state index in [0.29, 0.717) is 11.3 Å². The summed E-state index contributed by atoms with van der Waals surface area (Å²) in [4.78, 5) is 32.5. The minimum absolute atomic E-state index is 0.193. The molecule has 10 nitrogen and oxygen atoms in total. The van der Waals surface area contributed by atoms with Gasteiger partial charge in [0, 0.05) is 5.56 Å². The zero-order chi connectivity index (χ0) is 19.8. The minimum atomic E-state index is -1.65. The average Bonchev–Trinajstić information content (AvgIpc) is 3.21. The lowest BCUT2D eigenvalue weighted by atomic mass is 9.98. The first kappa shape index (κ1) is 18.4. The molecule has 10 heteroatoms. The first-order chi connectivity index (χ1) is 13.5. The lowest BCUT2D eigenvalue weighted by Gasteiger charge is -2.29. The molecule has 3 heterocycles. The average molecular weight is 388 g/mol. The van der Waals surface area contributed by atoms with Gasteiger partial charge in [-0.05, 0) is 5.56 Å². The molecule has 1 fully saturated rings. The van der Waals surface area contributed by atoms with Crippen molar-refractivity contribution in [2.45, 2.75) is 31.5 Å². The minimum Gasteiger partial charge on any atom is -0.467 e. The number of benzene rings is 1. The number of aliphatic hydroxyl groups is 2. The van der Waals surface area contributed by atoms with E-state index >= 15 is 0 Å². The van der Waals surface area contributed by atoms with Gasteiger partial charge in [0.05, 0.1) is 32.1 Å². The van der Waals surface area contributed by atoms with E-state index in [2.05, 4.69) is 5.10 Å². The highest BCUT2D eigenvalue weighted by molar-refractivity contribution is 5.87. The number of aliphatic hydroxyl groups excluding tert-OH is 1. The monoisotopic (exact) mass is 388 g/mol. The molecule has 0 radical (unpaired) electrons. The Labute approximate surface area is 160 Å². The first-order valence-electron chi connectivity index (χ1n) is 8.77. The Bertz CT molecular complexity index is 883. The molecule has 4 rings (SSSR count). The molecule has 2 amide bonds. The number of carbonyl (C=O) groups is 2. The van der Waals surface area contributed by atoms with Gasteiger partial charge < -0.3 is 19.8 Å². The summed E-state index contributed by atoms with van der Waals surface area (Å²) in [5, 5.41) is 24.1. The Balaban J connectivity index is 1.67. The van der Waals surface area contributed by atoms with E-state index in [1.54, 1.807) is 0 Å². The van der Waals surface area contributed by atoms with Crippen LogP contribution in [-0.2, 0) is 27.5 Å². The van der Waals surface area contributed by atoms with Crippen molar-refractivity contribution in [2.24, 2.45) is 0 Å². The van der Waals surface area contributed by atoms with Gasteiger partial charge in [-0.25, -0.2) is 9.59 Å². The molecule has 2 bridgehead atoms. The summed E-state index contributed by atoms with van der Waals surface area (Å²) in [5.41, 5.74) is 1.91. The van der Waals surface area contributed by atoms with Crippen molar-refractivity contribution >= 4 is 12.0 Å². The third-order valence-electron chi connectivity index (χ3n) is 4.90. The van der Waals surface area contributed by atoms with Crippen molar-refractivity contribution in [3.8, 4) is 0 Å². The van der Waals surface area contributed by atoms with Crippen LogP contribution in [0, 0.1) is 0 Å². The van der Waals surface area contributed by atoms with Crippen LogP contribution in [0.2, 0.25) is 0 Å².